The molecule has 2 heteroatoms. The molecule has 0 aromatic heterocycles. The van der Waals surface area contributed by atoms with Gasteiger partial charge in [0.05, 0.1) is 5.92 Å². The molecule has 2 nitrogen and oxygen atoms in total. The highest BCUT2D eigenvalue weighted by Gasteiger charge is 2.45. The molecule has 0 aliphatic carbocycles. The Labute approximate surface area is 119 Å². The van der Waals surface area contributed by atoms with Crippen LogP contribution in [0.1, 0.15) is 39.3 Å². The average Bonchev–Trinajstić information content (AvgIpc) is 2.87. The van der Waals surface area contributed by atoms with E-state index >= 15 is 0 Å². The summed E-state index contributed by atoms with van der Waals surface area (Å²) in [7, 11) is 0. The lowest BCUT2D eigenvalue weighted by Crippen LogP contribution is -2.20. The van der Waals surface area contributed by atoms with Gasteiger partial charge in [-0.2, -0.15) is 0 Å². The minimum Gasteiger partial charge on any atom is -0.453 e. The van der Waals surface area contributed by atoms with Gasteiger partial charge in [-0.15, -0.1) is 0 Å². The standard InChI is InChI=1S/C18H18O2/c1-9-5-11(3)16-13(7-9)15-14-8-10(2)6-12(4)17(14)20-18(15)19-16/h5-8,15,18H,1-4H3. The van der Waals surface area contributed by atoms with Crippen LogP contribution in [0.15, 0.2) is 24.3 Å². The summed E-state index contributed by atoms with van der Waals surface area (Å²) in [5.74, 6) is 2.24. The van der Waals surface area contributed by atoms with E-state index in [4.69, 9.17) is 9.47 Å². The zero-order valence-electron chi connectivity index (χ0n) is 12.3. The van der Waals surface area contributed by atoms with Gasteiger partial charge in [0.1, 0.15) is 11.5 Å². The minimum absolute atomic E-state index is 0.194. The second-order valence-electron chi connectivity index (χ2n) is 6.08. The van der Waals surface area contributed by atoms with Gasteiger partial charge < -0.3 is 9.47 Å². The first-order chi connectivity index (χ1) is 9.54. The van der Waals surface area contributed by atoms with E-state index in [0.29, 0.717) is 0 Å². The molecule has 20 heavy (non-hydrogen) atoms. The van der Waals surface area contributed by atoms with Crippen molar-refractivity contribution in [3.05, 3.63) is 57.6 Å². The average molecular weight is 266 g/mol. The van der Waals surface area contributed by atoms with Crippen molar-refractivity contribution < 1.29 is 9.47 Å². The number of fused-ring (bicyclic) bond motifs is 5. The Bertz CT molecular complexity index is 669. The second-order valence-corrected chi connectivity index (χ2v) is 6.08. The molecule has 4 rings (SSSR count). The molecule has 0 N–H and O–H groups in total. The summed E-state index contributed by atoms with van der Waals surface area (Å²) in [5, 5.41) is 0. The lowest BCUT2D eigenvalue weighted by Gasteiger charge is -2.12. The molecule has 2 aliphatic rings. The topological polar surface area (TPSA) is 18.5 Å². The van der Waals surface area contributed by atoms with Crippen molar-refractivity contribution in [1.29, 1.82) is 0 Å². The highest BCUT2D eigenvalue weighted by atomic mass is 16.7. The van der Waals surface area contributed by atoms with Crippen LogP contribution in [0.5, 0.6) is 11.5 Å². The van der Waals surface area contributed by atoms with E-state index in [1.165, 1.54) is 33.4 Å². The Kier molecular flexibility index (Phi) is 2.24. The quantitative estimate of drug-likeness (QED) is 0.712. The van der Waals surface area contributed by atoms with E-state index in [9.17, 15) is 0 Å². The maximum atomic E-state index is 6.07. The van der Waals surface area contributed by atoms with Gasteiger partial charge in [0.15, 0.2) is 0 Å². The Hall–Kier alpha value is -1.96. The van der Waals surface area contributed by atoms with E-state index in [2.05, 4.69) is 52.0 Å². The fourth-order valence-electron chi connectivity index (χ4n) is 3.61. The van der Waals surface area contributed by atoms with Crippen molar-refractivity contribution in [2.75, 3.05) is 0 Å². The summed E-state index contributed by atoms with van der Waals surface area (Å²) in [6.07, 6.45) is -0.194. The van der Waals surface area contributed by atoms with E-state index in [1.807, 2.05) is 0 Å². The van der Waals surface area contributed by atoms with Crippen LogP contribution in [0.2, 0.25) is 0 Å². The first kappa shape index (κ1) is 11.8. The predicted octanol–water partition coefficient (Wildman–Crippen LogP) is 4.16. The molecule has 0 unspecified atom stereocenters. The fraction of sp³-hybridized carbons (Fsp3) is 0.333. The molecule has 0 bridgehead atoms. The Morgan fingerprint density at radius 1 is 0.700 bits per heavy atom. The van der Waals surface area contributed by atoms with Gasteiger partial charge in [0.25, 0.3) is 6.29 Å². The number of hydrogen-bond acceptors (Lipinski definition) is 2. The number of hydrogen-bond donors (Lipinski definition) is 0. The third-order valence-electron chi connectivity index (χ3n) is 4.31. The van der Waals surface area contributed by atoms with E-state index < -0.39 is 0 Å². The van der Waals surface area contributed by atoms with Gasteiger partial charge in [-0.3, -0.25) is 0 Å². The van der Waals surface area contributed by atoms with Crippen LogP contribution in [0, 0.1) is 27.7 Å². The number of ether oxygens (including phenoxy) is 2. The Balaban J connectivity index is 1.95. The Morgan fingerprint density at radius 3 is 1.60 bits per heavy atom. The second kappa shape index (κ2) is 3.78. The van der Waals surface area contributed by atoms with Crippen LogP contribution in [0.25, 0.3) is 0 Å². The highest BCUT2D eigenvalue weighted by Crippen LogP contribution is 2.52. The largest absolute Gasteiger partial charge is 0.453 e. The molecule has 0 spiro atoms. The Morgan fingerprint density at radius 2 is 1.15 bits per heavy atom. The summed E-state index contributed by atoms with van der Waals surface area (Å²) in [6.45, 7) is 8.49. The van der Waals surface area contributed by atoms with Crippen molar-refractivity contribution in [2.45, 2.75) is 39.9 Å². The van der Waals surface area contributed by atoms with Crippen LogP contribution < -0.4 is 9.47 Å². The molecule has 0 radical (unpaired) electrons. The van der Waals surface area contributed by atoms with Gasteiger partial charge in [0, 0.05) is 11.1 Å². The summed E-state index contributed by atoms with van der Waals surface area (Å²) in [4.78, 5) is 0. The van der Waals surface area contributed by atoms with E-state index in [1.54, 1.807) is 0 Å². The minimum atomic E-state index is -0.194. The predicted molar refractivity (Wildman–Crippen MR) is 78.7 cm³/mol. The molecule has 0 atom stereocenters. The third kappa shape index (κ3) is 1.45. The maximum absolute atomic E-state index is 6.07. The molecule has 2 heterocycles. The zero-order chi connectivity index (χ0) is 14.0. The molecule has 0 saturated heterocycles. The van der Waals surface area contributed by atoms with Gasteiger partial charge in [-0.1, -0.05) is 35.4 Å². The molecule has 0 saturated carbocycles. The molecule has 0 amide bonds. The molecular weight excluding hydrogens is 248 g/mol. The van der Waals surface area contributed by atoms with Crippen molar-refractivity contribution >= 4 is 0 Å². The SMILES string of the molecule is Cc1cc(C)c2c(c1)C1c3cc(C)cc(C)c3OC1O2. The van der Waals surface area contributed by atoms with Crippen LogP contribution in [-0.4, -0.2) is 6.29 Å². The van der Waals surface area contributed by atoms with Gasteiger partial charge in [-0.05, 0) is 38.8 Å². The summed E-state index contributed by atoms with van der Waals surface area (Å²) < 4.78 is 12.1. The lowest BCUT2D eigenvalue weighted by molar-refractivity contribution is 0.0321. The monoisotopic (exact) mass is 266 g/mol. The summed E-state index contributed by atoms with van der Waals surface area (Å²) >= 11 is 0. The summed E-state index contributed by atoms with van der Waals surface area (Å²) in [5.41, 5.74) is 7.51. The van der Waals surface area contributed by atoms with E-state index in [0.717, 1.165) is 11.5 Å². The van der Waals surface area contributed by atoms with Crippen molar-refractivity contribution in [3.63, 3.8) is 0 Å². The number of rotatable bonds is 0. The fourth-order valence-corrected chi connectivity index (χ4v) is 3.61. The molecule has 0 fully saturated rings. The molecule has 2 aliphatic heterocycles. The molecule has 2 aromatic rings. The first-order valence-electron chi connectivity index (χ1n) is 7.10. The summed E-state index contributed by atoms with van der Waals surface area (Å²) in [6, 6.07) is 8.82. The van der Waals surface area contributed by atoms with Crippen LogP contribution in [-0.2, 0) is 0 Å². The van der Waals surface area contributed by atoms with Gasteiger partial charge in [0.2, 0.25) is 0 Å². The van der Waals surface area contributed by atoms with E-state index in [-0.39, 0.29) is 12.2 Å². The third-order valence-corrected chi connectivity index (χ3v) is 4.31. The molecule has 2 aromatic carbocycles. The van der Waals surface area contributed by atoms with Crippen molar-refractivity contribution in [1.82, 2.24) is 0 Å². The van der Waals surface area contributed by atoms with Crippen molar-refractivity contribution in [2.24, 2.45) is 0 Å². The van der Waals surface area contributed by atoms with Crippen LogP contribution in [0.3, 0.4) is 0 Å². The number of benzene rings is 2. The first-order valence-corrected chi connectivity index (χ1v) is 7.10. The van der Waals surface area contributed by atoms with Gasteiger partial charge >= 0.3 is 0 Å². The van der Waals surface area contributed by atoms with Crippen LogP contribution in [0.4, 0.5) is 0 Å². The lowest BCUT2D eigenvalue weighted by atomic mass is 9.89. The highest BCUT2D eigenvalue weighted by molar-refractivity contribution is 5.59. The smallest absolute Gasteiger partial charge is 0.252 e. The number of aryl methyl sites for hydroxylation is 4. The maximum Gasteiger partial charge on any atom is 0.252 e. The zero-order valence-corrected chi connectivity index (χ0v) is 12.3. The normalized spacial score (nSPS) is 21.8. The molecule has 102 valence electrons. The van der Waals surface area contributed by atoms with Gasteiger partial charge in [-0.25, -0.2) is 0 Å². The van der Waals surface area contributed by atoms with Crippen LogP contribution >= 0.6 is 0 Å². The molecular formula is C18H18O2. The van der Waals surface area contributed by atoms with Crippen molar-refractivity contribution in [3.8, 4) is 11.5 Å².